The third kappa shape index (κ3) is 2.65. The molecular formula is C12H11BrN2O3. The number of carbonyl (C=O) groups excluding carboxylic acids is 1. The van der Waals surface area contributed by atoms with E-state index in [4.69, 9.17) is 14.9 Å². The topological polar surface area (TPSA) is 77.5 Å². The second-order valence-corrected chi connectivity index (χ2v) is 4.30. The number of furan rings is 1. The van der Waals surface area contributed by atoms with Crippen molar-refractivity contribution in [3.05, 3.63) is 40.8 Å². The number of nitrogen functional groups attached to an aromatic ring is 1. The van der Waals surface area contributed by atoms with Gasteiger partial charge in [-0.15, -0.1) is 0 Å². The van der Waals surface area contributed by atoms with Gasteiger partial charge < -0.3 is 20.2 Å². The molecule has 0 aliphatic carbocycles. The minimum absolute atomic E-state index is 0.200. The number of rotatable bonds is 3. The molecule has 5 nitrogen and oxygen atoms in total. The molecule has 1 aromatic heterocycles. The van der Waals surface area contributed by atoms with Gasteiger partial charge in [0.1, 0.15) is 5.75 Å². The largest absolute Gasteiger partial charge is 0.495 e. The van der Waals surface area contributed by atoms with Gasteiger partial charge in [-0.2, -0.15) is 0 Å². The van der Waals surface area contributed by atoms with Crippen LogP contribution in [-0.4, -0.2) is 13.0 Å². The Morgan fingerprint density at radius 3 is 2.78 bits per heavy atom. The maximum absolute atomic E-state index is 11.9. The highest BCUT2D eigenvalue weighted by Crippen LogP contribution is 2.27. The van der Waals surface area contributed by atoms with Gasteiger partial charge in [0.15, 0.2) is 10.4 Å². The SMILES string of the molecule is COc1ccc(N)cc1NC(=O)c1ccc(Br)o1. The molecule has 2 aromatic rings. The van der Waals surface area contributed by atoms with Crippen LogP contribution in [0.5, 0.6) is 5.75 Å². The fourth-order valence-corrected chi connectivity index (χ4v) is 1.75. The van der Waals surface area contributed by atoms with Crippen LogP contribution in [0.4, 0.5) is 11.4 Å². The Labute approximate surface area is 112 Å². The first-order valence-electron chi connectivity index (χ1n) is 5.10. The molecule has 0 atom stereocenters. The minimum atomic E-state index is -0.371. The summed E-state index contributed by atoms with van der Waals surface area (Å²) in [6.07, 6.45) is 0. The van der Waals surface area contributed by atoms with Gasteiger partial charge in [-0.05, 0) is 46.3 Å². The van der Waals surface area contributed by atoms with Gasteiger partial charge >= 0.3 is 0 Å². The number of nitrogens with two attached hydrogens (primary N) is 1. The number of halogens is 1. The van der Waals surface area contributed by atoms with Crippen molar-refractivity contribution in [2.45, 2.75) is 0 Å². The highest BCUT2D eigenvalue weighted by atomic mass is 79.9. The lowest BCUT2D eigenvalue weighted by atomic mass is 10.2. The smallest absolute Gasteiger partial charge is 0.291 e. The molecule has 1 heterocycles. The van der Waals surface area contributed by atoms with Crippen LogP contribution in [0.3, 0.4) is 0 Å². The van der Waals surface area contributed by atoms with Crippen LogP contribution in [0, 0.1) is 0 Å². The molecule has 0 bridgehead atoms. The number of benzene rings is 1. The van der Waals surface area contributed by atoms with E-state index < -0.39 is 0 Å². The molecule has 6 heteroatoms. The van der Waals surface area contributed by atoms with Gasteiger partial charge in [-0.3, -0.25) is 4.79 Å². The van der Waals surface area contributed by atoms with Crippen molar-refractivity contribution in [1.82, 2.24) is 0 Å². The summed E-state index contributed by atoms with van der Waals surface area (Å²) in [4.78, 5) is 11.9. The number of carbonyl (C=O) groups is 1. The number of hydrogen-bond donors (Lipinski definition) is 2. The second-order valence-electron chi connectivity index (χ2n) is 3.52. The molecule has 0 unspecified atom stereocenters. The monoisotopic (exact) mass is 310 g/mol. The summed E-state index contributed by atoms with van der Waals surface area (Å²) in [5.41, 5.74) is 6.69. The first-order valence-corrected chi connectivity index (χ1v) is 5.89. The summed E-state index contributed by atoms with van der Waals surface area (Å²) >= 11 is 3.13. The number of nitrogens with one attached hydrogen (secondary N) is 1. The zero-order valence-electron chi connectivity index (χ0n) is 9.57. The fourth-order valence-electron chi connectivity index (χ4n) is 1.44. The number of amides is 1. The van der Waals surface area contributed by atoms with E-state index in [1.807, 2.05) is 0 Å². The van der Waals surface area contributed by atoms with E-state index in [1.54, 1.807) is 30.3 Å². The van der Waals surface area contributed by atoms with Crippen molar-refractivity contribution in [3.63, 3.8) is 0 Å². The first-order chi connectivity index (χ1) is 8.60. The van der Waals surface area contributed by atoms with Crippen LogP contribution in [0.2, 0.25) is 0 Å². The molecular weight excluding hydrogens is 300 g/mol. The van der Waals surface area contributed by atoms with E-state index in [0.717, 1.165) is 0 Å². The molecule has 1 amide bonds. The lowest BCUT2D eigenvalue weighted by molar-refractivity contribution is 0.0995. The van der Waals surface area contributed by atoms with Crippen molar-refractivity contribution >= 4 is 33.2 Å². The predicted molar refractivity (Wildman–Crippen MR) is 71.8 cm³/mol. The van der Waals surface area contributed by atoms with E-state index in [1.165, 1.54) is 7.11 Å². The van der Waals surface area contributed by atoms with Gasteiger partial charge in [0, 0.05) is 5.69 Å². The third-order valence-corrected chi connectivity index (χ3v) is 2.69. The predicted octanol–water partition coefficient (Wildman–Crippen LogP) is 2.89. The van der Waals surface area contributed by atoms with Gasteiger partial charge in [0.05, 0.1) is 12.8 Å². The zero-order chi connectivity index (χ0) is 13.1. The van der Waals surface area contributed by atoms with Crippen LogP contribution >= 0.6 is 15.9 Å². The number of ether oxygens (including phenoxy) is 1. The van der Waals surface area contributed by atoms with Crippen molar-refractivity contribution in [3.8, 4) is 5.75 Å². The number of hydrogen-bond acceptors (Lipinski definition) is 4. The molecule has 0 aliphatic rings. The summed E-state index contributed by atoms with van der Waals surface area (Å²) in [6, 6.07) is 8.21. The average Bonchev–Trinajstić information content (AvgIpc) is 2.76. The molecule has 2 rings (SSSR count). The van der Waals surface area contributed by atoms with E-state index in [2.05, 4.69) is 21.2 Å². The van der Waals surface area contributed by atoms with Crippen molar-refractivity contribution in [2.24, 2.45) is 0 Å². The van der Waals surface area contributed by atoms with Gasteiger partial charge in [0.2, 0.25) is 0 Å². The standard InChI is InChI=1S/C12H11BrN2O3/c1-17-9-3-2-7(14)6-8(9)15-12(16)10-4-5-11(13)18-10/h2-6H,14H2,1H3,(H,15,16). The van der Waals surface area contributed by atoms with Crippen LogP contribution in [-0.2, 0) is 0 Å². The summed E-state index contributed by atoms with van der Waals surface area (Å²) in [5, 5.41) is 2.67. The Balaban J connectivity index is 2.23. The Hall–Kier alpha value is -1.95. The lowest BCUT2D eigenvalue weighted by Gasteiger charge is -2.09. The van der Waals surface area contributed by atoms with E-state index in [-0.39, 0.29) is 11.7 Å². The van der Waals surface area contributed by atoms with Crippen LogP contribution < -0.4 is 15.8 Å². The van der Waals surface area contributed by atoms with Crippen LogP contribution in [0.25, 0.3) is 0 Å². The van der Waals surface area contributed by atoms with E-state index >= 15 is 0 Å². The average molecular weight is 311 g/mol. The molecule has 94 valence electrons. The molecule has 18 heavy (non-hydrogen) atoms. The molecule has 1 aromatic carbocycles. The number of methoxy groups -OCH3 is 1. The Kier molecular flexibility index (Phi) is 3.57. The molecule has 3 N–H and O–H groups in total. The summed E-state index contributed by atoms with van der Waals surface area (Å²) in [5.74, 6) is 0.360. The van der Waals surface area contributed by atoms with E-state index in [0.29, 0.717) is 21.8 Å². The normalized spacial score (nSPS) is 10.1. The highest BCUT2D eigenvalue weighted by molar-refractivity contribution is 9.10. The van der Waals surface area contributed by atoms with Crippen molar-refractivity contribution < 1.29 is 13.9 Å². The fraction of sp³-hybridized carbons (Fsp3) is 0.0833. The summed E-state index contributed by atoms with van der Waals surface area (Å²) in [7, 11) is 1.52. The van der Waals surface area contributed by atoms with Crippen LogP contribution in [0.15, 0.2) is 39.4 Å². The minimum Gasteiger partial charge on any atom is -0.495 e. The zero-order valence-corrected chi connectivity index (χ0v) is 11.2. The maximum Gasteiger partial charge on any atom is 0.291 e. The second kappa shape index (κ2) is 5.14. The van der Waals surface area contributed by atoms with Gasteiger partial charge in [-0.1, -0.05) is 0 Å². The molecule has 0 aliphatic heterocycles. The lowest BCUT2D eigenvalue weighted by Crippen LogP contribution is -2.12. The van der Waals surface area contributed by atoms with Crippen molar-refractivity contribution in [1.29, 1.82) is 0 Å². The van der Waals surface area contributed by atoms with Crippen LogP contribution in [0.1, 0.15) is 10.6 Å². The Morgan fingerprint density at radius 2 is 2.17 bits per heavy atom. The molecule has 0 spiro atoms. The third-order valence-electron chi connectivity index (χ3n) is 2.27. The molecule has 0 radical (unpaired) electrons. The Bertz CT molecular complexity index is 580. The Morgan fingerprint density at radius 1 is 1.39 bits per heavy atom. The number of anilines is 2. The quantitative estimate of drug-likeness (QED) is 0.855. The molecule has 0 saturated carbocycles. The van der Waals surface area contributed by atoms with Crippen molar-refractivity contribution in [2.75, 3.05) is 18.2 Å². The highest BCUT2D eigenvalue weighted by Gasteiger charge is 2.13. The summed E-state index contributed by atoms with van der Waals surface area (Å²) in [6.45, 7) is 0. The van der Waals surface area contributed by atoms with Gasteiger partial charge in [0.25, 0.3) is 5.91 Å². The molecule has 0 saturated heterocycles. The summed E-state index contributed by atoms with van der Waals surface area (Å²) < 4.78 is 10.8. The van der Waals surface area contributed by atoms with Gasteiger partial charge in [-0.25, -0.2) is 0 Å². The molecule has 0 fully saturated rings. The maximum atomic E-state index is 11.9. The van der Waals surface area contributed by atoms with E-state index in [9.17, 15) is 4.79 Å². The first kappa shape index (κ1) is 12.5.